The molecule has 5 heteroatoms. The van der Waals surface area contributed by atoms with E-state index >= 15 is 0 Å². The monoisotopic (exact) mass is 1000 g/mol. The maximum atomic E-state index is 12.7. The van der Waals surface area contributed by atoms with Crippen LogP contribution in [0.15, 0.2) is 72.9 Å². The molecule has 0 saturated heterocycles. The minimum absolute atomic E-state index is 0.119. The maximum absolute atomic E-state index is 12.7. The van der Waals surface area contributed by atoms with E-state index in [2.05, 4.69) is 93.7 Å². The fraction of sp³-hybridized carbons (Fsp3) is 0.791. The lowest BCUT2D eigenvalue weighted by molar-refractivity contribution is -0.155. The Labute approximate surface area is 448 Å². The summed E-state index contributed by atoms with van der Waals surface area (Å²) in [6.07, 6.45) is 82.6. The molecular weight excluding hydrogens is 885 g/mol. The van der Waals surface area contributed by atoms with E-state index in [-0.39, 0.29) is 25.2 Å². The third-order valence-electron chi connectivity index (χ3n) is 13.8. The van der Waals surface area contributed by atoms with Crippen LogP contribution in [0.4, 0.5) is 0 Å². The smallest absolute Gasteiger partial charge is 0.306 e. The van der Waals surface area contributed by atoms with Gasteiger partial charge in [-0.1, -0.05) is 318 Å². The third kappa shape index (κ3) is 59.9. The summed E-state index contributed by atoms with van der Waals surface area (Å²) >= 11 is 0. The first-order valence-electron chi connectivity index (χ1n) is 31.5. The molecule has 0 aromatic heterocycles. The van der Waals surface area contributed by atoms with Crippen molar-refractivity contribution in [1.29, 1.82) is 0 Å². The van der Waals surface area contributed by atoms with Gasteiger partial charge in [-0.15, -0.1) is 0 Å². The van der Waals surface area contributed by atoms with Gasteiger partial charge in [-0.05, 0) is 57.8 Å². The maximum Gasteiger partial charge on any atom is 0.306 e. The second-order valence-corrected chi connectivity index (χ2v) is 20.9. The summed E-state index contributed by atoms with van der Waals surface area (Å²) in [5.74, 6) is -0.413. The summed E-state index contributed by atoms with van der Waals surface area (Å²) < 4.78 is 17.5. The molecule has 0 spiro atoms. The van der Waals surface area contributed by atoms with Crippen LogP contribution < -0.4 is 0 Å². The van der Waals surface area contributed by atoms with Crippen molar-refractivity contribution in [2.24, 2.45) is 0 Å². The molecular formula is C67H120O5. The fourth-order valence-electron chi connectivity index (χ4n) is 9.10. The average molecular weight is 1010 g/mol. The van der Waals surface area contributed by atoms with Crippen LogP contribution in [0.1, 0.15) is 316 Å². The molecule has 0 amide bonds. The van der Waals surface area contributed by atoms with Crippen LogP contribution >= 0.6 is 0 Å². The van der Waals surface area contributed by atoms with Crippen molar-refractivity contribution in [2.45, 2.75) is 322 Å². The largest absolute Gasteiger partial charge is 0.463 e. The lowest BCUT2D eigenvalue weighted by Gasteiger charge is -2.18. The molecule has 0 saturated carbocycles. The molecule has 0 aliphatic heterocycles. The number of unbranched alkanes of at least 4 members (excludes halogenated alkanes) is 35. The van der Waals surface area contributed by atoms with Crippen LogP contribution in [0.3, 0.4) is 0 Å². The van der Waals surface area contributed by atoms with E-state index in [0.29, 0.717) is 25.9 Å². The Morgan fingerprint density at radius 3 is 0.889 bits per heavy atom. The van der Waals surface area contributed by atoms with Crippen molar-refractivity contribution in [3.8, 4) is 0 Å². The van der Waals surface area contributed by atoms with Crippen molar-refractivity contribution in [2.75, 3.05) is 19.8 Å². The van der Waals surface area contributed by atoms with Gasteiger partial charge in [0.2, 0.25) is 0 Å². The Kier molecular flexibility index (Phi) is 60.3. The van der Waals surface area contributed by atoms with Crippen LogP contribution in [-0.4, -0.2) is 37.9 Å². The predicted molar refractivity (Wildman–Crippen MR) is 316 cm³/mol. The first kappa shape index (κ1) is 69.3. The Balaban J connectivity index is 4.30. The summed E-state index contributed by atoms with van der Waals surface area (Å²) in [5.41, 5.74) is 0. The van der Waals surface area contributed by atoms with Gasteiger partial charge in [0.05, 0.1) is 0 Å². The quantitative estimate of drug-likeness (QED) is 0.0345. The second kappa shape index (κ2) is 62.6. The molecule has 0 aromatic rings. The van der Waals surface area contributed by atoms with E-state index in [9.17, 15) is 9.59 Å². The van der Waals surface area contributed by atoms with Gasteiger partial charge in [-0.2, -0.15) is 0 Å². The predicted octanol–water partition coefficient (Wildman–Crippen LogP) is 21.8. The number of carbonyl (C=O) groups excluding carboxylic acids is 2. The molecule has 0 heterocycles. The summed E-state index contributed by atoms with van der Waals surface area (Å²) in [7, 11) is 0. The highest BCUT2D eigenvalue weighted by Crippen LogP contribution is 2.17. The van der Waals surface area contributed by atoms with Crippen LogP contribution in [-0.2, 0) is 23.8 Å². The van der Waals surface area contributed by atoms with Gasteiger partial charge in [0.25, 0.3) is 0 Å². The van der Waals surface area contributed by atoms with Crippen molar-refractivity contribution in [3.63, 3.8) is 0 Å². The number of hydrogen-bond donors (Lipinski definition) is 0. The number of allylic oxidation sites excluding steroid dienone is 12. The SMILES string of the molecule is CC/C=C\C/C=C\C/C=C\C/C=C\C/C=C\C/C=C\CCC(=O)OC[C@H](COC(=O)CCCCCCCCCCCCCCCCCCCCCCC)OCCCCCCCCCCCCCCCCCC. The van der Waals surface area contributed by atoms with Gasteiger partial charge in [-0.3, -0.25) is 9.59 Å². The number of esters is 2. The number of rotatable bonds is 58. The fourth-order valence-corrected chi connectivity index (χ4v) is 9.10. The normalized spacial score (nSPS) is 12.7. The van der Waals surface area contributed by atoms with E-state index in [1.807, 2.05) is 0 Å². The Morgan fingerprint density at radius 1 is 0.306 bits per heavy atom. The highest BCUT2D eigenvalue weighted by atomic mass is 16.6. The molecule has 1 atom stereocenters. The zero-order valence-electron chi connectivity index (χ0n) is 48.2. The van der Waals surface area contributed by atoms with Crippen LogP contribution in [0.25, 0.3) is 0 Å². The molecule has 0 N–H and O–H groups in total. The van der Waals surface area contributed by atoms with E-state index in [1.165, 1.54) is 212 Å². The zero-order valence-corrected chi connectivity index (χ0v) is 48.2. The lowest BCUT2D eigenvalue weighted by atomic mass is 10.0. The van der Waals surface area contributed by atoms with Gasteiger partial charge in [-0.25, -0.2) is 0 Å². The Hall–Kier alpha value is -2.66. The molecule has 0 aromatic carbocycles. The average Bonchev–Trinajstić information content (AvgIpc) is 3.38. The topological polar surface area (TPSA) is 61.8 Å². The zero-order chi connectivity index (χ0) is 52.0. The standard InChI is InChI=1S/C67H120O5/c1-4-7-10-13-16-19-22-25-28-31-33-34-36-38-40-43-46-49-52-55-58-61-67(69)72-64-65(70-62-59-56-53-50-47-44-41-30-27-24-21-18-15-12-9-6-3)63-71-66(68)60-57-54-51-48-45-42-39-37-35-32-29-26-23-20-17-14-11-8-5-2/h8,11,17,20,26,29,35,37,42,45,51,54,65H,4-7,9-10,12-16,18-19,21-25,27-28,30-34,36,38-41,43-44,46-50,52-53,55-64H2,1-3H3/b11-8-,20-17-,29-26-,37-35-,45-42-,54-51-/t65-/m1/s1. The van der Waals surface area contributed by atoms with Crippen molar-refractivity contribution >= 4 is 11.9 Å². The highest BCUT2D eigenvalue weighted by Gasteiger charge is 2.16. The van der Waals surface area contributed by atoms with Crippen molar-refractivity contribution in [1.82, 2.24) is 0 Å². The second-order valence-electron chi connectivity index (χ2n) is 20.9. The summed E-state index contributed by atoms with van der Waals surface area (Å²) in [6.45, 7) is 7.59. The van der Waals surface area contributed by atoms with E-state index in [1.54, 1.807) is 0 Å². The van der Waals surface area contributed by atoms with E-state index in [0.717, 1.165) is 64.2 Å². The first-order valence-corrected chi connectivity index (χ1v) is 31.5. The van der Waals surface area contributed by atoms with Gasteiger partial charge < -0.3 is 14.2 Å². The van der Waals surface area contributed by atoms with Crippen LogP contribution in [0, 0.1) is 0 Å². The van der Waals surface area contributed by atoms with Crippen molar-refractivity contribution in [3.05, 3.63) is 72.9 Å². The summed E-state index contributed by atoms with van der Waals surface area (Å²) in [5, 5.41) is 0. The van der Waals surface area contributed by atoms with Gasteiger partial charge in [0.15, 0.2) is 0 Å². The molecule has 0 aliphatic rings. The number of hydrogen-bond acceptors (Lipinski definition) is 5. The highest BCUT2D eigenvalue weighted by molar-refractivity contribution is 5.70. The lowest BCUT2D eigenvalue weighted by Crippen LogP contribution is -2.29. The van der Waals surface area contributed by atoms with Crippen LogP contribution in [0.5, 0.6) is 0 Å². The third-order valence-corrected chi connectivity index (χ3v) is 13.8. The Bertz CT molecular complexity index is 1270. The van der Waals surface area contributed by atoms with E-state index in [4.69, 9.17) is 14.2 Å². The van der Waals surface area contributed by atoms with Gasteiger partial charge in [0, 0.05) is 19.4 Å². The number of ether oxygens (including phenoxy) is 3. The molecule has 0 bridgehead atoms. The first-order chi connectivity index (χ1) is 35.6. The molecule has 0 fully saturated rings. The van der Waals surface area contributed by atoms with Crippen LogP contribution in [0.2, 0.25) is 0 Å². The molecule has 5 nitrogen and oxygen atoms in total. The number of carbonyl (C=O) groups is 2. The Morgan fingerprint density at radius 2 is 0.569 bits per heavy atom. The molecule has 72 heavy (non-hydrogen) atoms. The van der Waals surface area contributed by atoms with E-state index < -0.39 is 6.10 Å². The minimum Gasteiger partial charge on any atom is -0.463 e. The molecule has 0 aliphatic carbocycles. The molecule has 0 radical (unpaired) electrons. The summed E-state index contributed by atoms with van der Waals surface area (Å²) in [6, 6.07) is 0. The van der Waals surface area contributed by atoms with Gasteiger partial charge >= 0.3 is 11.9 Å². The molecule has 0 unspecified atom stereocenters. The molecule has 418 valence electrons. The molecule has 0 rings (SSSR count). The summed E-state index contributed by atoms with van der Waals surface area (Å²) in [4.78, 5) is 25.4. The van der Waals surface area contributed by atoms with Crippen molar-refractivity contribution < 1.29 is 23.8 Å². The van der Waals surface area contributed by atoms with Gasteiger partial charge in [0.1, 0.15) is 19.3 Å². The minimum atomic E-state index is -0.431.